The van der Waals surface area contributed by atoms with Crippen molar-refractivity contribution in [1.29, 1.82) is 0 Å². The minimum Gasteiger partial charge on any atom is -0.311 e. The first-order valence-corrected chi connectivity index (χ1v) is 4.27. The van der Waals surface area contributed by atoms with Gasteiger partial charge >= 0.3 is 6.18 Å². The van der Waals surface area contributed by atoms with Crippen molar-refractivity contribution in [2.75, 3.05) is 7.05 Å². The Morgan fingerprint density at radius 2 is 1.60 bits per heavy atom. The number of hydrogen-bond donors (Lipinski definition) is 0. The van der Waals surface area contributed by atoms with E-state index in [0.717, 1.165) is 14.0 Å². The van der Waals surface area contributed by atoms with Gasteiger partial charge in [0, 0.05) is 14.0 Å². The Bertz CT molecular complexity index is 315. The monoisotopic (exact) mass is 221 g/mol. The van der Waals surface area contributed by atoms with E-state index < -0.39 is 17.8 Å². The number of halogens is 3. The molecule has 0 aliphatic heterocycles. The minimum absolute atomic E-state index is 0.0276. The molecule has 1 amide bonds. The average Bonchev–Trinajstić information content (AvgIpc) is 2.01. The van der Waals surface area contributed by atoms with Crippen LogP contribution in [0.5, 0.6) is 0 Å². The smallest absolute Gasteiger partial charge is 0.311 e. The summed E-state index contributed by atoms with van der Waals surface area (Å²) in [5, 5.41) is 0. The predicted molar refractivity (Wildman–Crippen MR) is 52.0 cm³/mol. The standard InChI is InChI=1S/C10H14F3NO/c1-6(2)7(3)9(10(11,12)13)14(5)8(4)15/h1H2,2-5H3/b9-7-. The Labute approximate surface area is 87.1 Å². The molecule has 0 saturated carbocycles. The van der Waals surface area contributed by atoms with Crippen molar-refractivity contribution < 1.29 is 18.0 Å². The van der Waals surface area contributed by atoms with E-state index >= 15 is 0 Å². The van der Waals surface area contributed by atoms with Crippen molar-refractivity contribution in [2.24, 2.45) is 0 Å². The number of rotatable bonds is 2. The van der Waals surface area contributed by atoms with Gasteiger partial charge in [-0.15, -0.1) is 0 Å². The Kier molecular flexibility index (Phi) is 4.13. The molecule has 0 unspecified atom stereocenters. The van der Waals surface area contributed by atoms with Crippen LogP contribution in [0, 0.1) is 0 Å². The van der Waals surface area contributed by atoms with Gasteiger partial charge in [0.2, 0.25) is 5.91 Å². The predicted octanol–water partition coefficient (Wildman–Crippen LogP) is 2.88. The number of nitrogens with zero attached hydrogens (tertiary/aromatic N) is 1. The van der Waals surface area contributed by atoms with Crippen LogP contribution in [0.2, 0.25) is 0 Å². The van der Waals surface area contributed by atoms with Gasteiger partial charge in [-0.3, -0.25) is 4.79 Å². The maximum atomic E-state index is 12.6. The Morgan fingerprint density at radius 3 is 1.80 bits per heavy atom. The van der Waals surface area contributed by atoms with Crippen molar-refractivity contribution in [3.63, 3.8) is 0 Å². The molecule has 5 heteroatoms. The molecule has 0 fully saturated rings. The van der Waals surface area contributed by atoms with Crippen molar-refractivity contribution in [2.45, 2.75) is 26.9 Å². The second-order valence-electron chi connectivity index (χ2n) is 3.33. The molecule has 0 heterocycles. The third-order valence-corrected chi connectivity index (χ3v) is 2.07. The Morgan fingerprint density at radius 1 is 1.20 bits per heavy atom. The van der Waals surface area contributed by atoms with Crippen LogP contribution >= 0.6 is 0 Å². The maximum absolute atomic E-state index is 12.6. The molecular weight excluding hydrogens is 207 g/mol. The summed E-state index contributed by atoms with van der Waals surface area (Å²) in [4.78, 5) is 11.5. The molecule has 15 heavy (non-hydrogen) atoms. The third-order valence-electron chi connectivity index (χ3n) is 2.07. The van der Waals surface area contributed by atoms with Crippen molar-refractivity contribution in [3.05, 3.63) is 23.4 Å². The van der Waals surface area contributed by atoms with Gasteiger partial charge in [0.15, 0.2) is 0 Å². The number of hydrogen-bond acceptors (Lipinski definition) is 1. The molecule has 0 radical (unpaired) electrons. The minimum atomic E-state index is -4.55. The topological polar surface area (TPSA) is 20.3 Å². The summed E-state index contributed by atoms with van der Waals surface area (Å²) in [5.74, 6) is -0.664. The average molecular weight is 221 g/mol. The summed E-state index contributed by atoms with van der Waals surface area (Å²) < 4.78 is 37.9. The quantitative estimate of drug-likeness (QED) is 0.656. The zero-order chi connectivity index (χ0) is 12.4. The molecule has 0 bridgehead atoms. The molecule has 0 N–H and O–H groups in total. The van der Waals surface area contributed by atoms with E-state index in [1.807, 2.05) is 0 Å². The highest BCUT2D eigenvalue weighted by molar-refractivity contribution is 5.75. The van der Waals surface area contributed by atoms with Gasteiger partial charge in [0.05, 0.1) is 0 Å². The lowest BCUT2D eigenvalue weighted by Crippen LogP contribution is -2.33. The summed E-state index contributed by atoms with van der Waals surface area (Å²) in [7, 11) is 1.09. The molecule has 86 valence electrons. The highest BCUT2D eigenvalue weighted by atomic mass is 19.4. The summed E-state index contributed by atoms with van der Waals surface area (Å²) in [6.07, 6.45) is -4.55. The van der Waals surface area contributed by atoms with Gasteiger partial charge < -0.3 is 4.90 Å². The lowest BCUT2D eigenvalue weighted by molar-refractivity contribution is -0.138. The number of allylic oxidation sites excluding steroid dienone is 3. The lowest BCUT2D eigenvalue weighted by atomic mass is 10.1. The number of amides is 1. The van der Waals surface area contributed by atoms with E-state index in [1.165, 1.54) is 13.8 Å². The van der Waals surface area contributed by atoms with E-state index in [1.54, 1.807) is 0 Å². The Hall–Kier alpha value is -1.26. The van der Waals surface area contributed by atoms with Crippen LogP contribution in [-0.2, 0) is 4.79 Å². The number of alkyl halides is 3. The van der Waals surface area contributed by atoms with Gasteiger partial charge in [0.25, 0.3) is 0 Å². The molecule has 0 aromatic heterocycles. The van der Waals surface area contributed by atoms with Gasteiger partial charge in [0.1, 0.15) is 5.70 Å². The van der Waals surface area contributed by atoms with E-state index in [2.05, 4.69) is 6.58 Å². The first kappa shape index (κ1) is 13.7. The van der Waals surface area contributed by atoms with Crippen LogP contribution < -0.4 is 0 Å². The SMILES string of the molecule is C=C(C)/C(C)=C(\N(C)C(C)=O)C(F)(F)F. The van der Waals surface area contributed by atoms with Crippen LogP contribution in [0.15, 0.2) is 23.4 Å². The first-order chi connectivity index (χ1) is 6.59. The maximum Gasteiger partial charge on any atom is 0.431 e. The normalized spacial score (nSPS) is 13.3. The molecule has 0 spiro atoms. The van der Waals surface area contributed by atoms with Crippen LogP contribution in [0.3, 0.4) is 0 Å². The fraction of sp³-hybridized carbons (Fsp3) is 0.500. The highest BCUT2D eigenvalue weighted by Gasteiger charge is 2.39. The molecule has 0 aromatic carbocycles. The van der Waals surface area contributed by atoms with E-state index in [9.17, 15) is 18.0 Å². The molecule has 0 aliphatic rings. The van der Waals surface area contributed by atoms with Crippen molar-refractivity contribution in [3.8, 4) is 0 Å². The molecule has 0 atom stereocenters. The fourth-order valence-electron chi connectivity index (χ4n) is 1.01. The second kappa shape index (κ2) is 4.51. The van der Waals surface area contributed by atoms with E-state index in [-0.39, 0.29) is 11.1 Å². The summed E-state index contributed by atoms with van der Waals surface area (Å²) in [5.41, 5.74) is -0.696. The van der Waals surface area contributed by atoms with Gasteiger partial charge in [-0.25, -0.2) is 0 Å². The number of carbonyl (C=O) groups is 1. The zero-order valence-corrected chi connectivity index (χ0v) is 9.20. The Balaban J connectivity index is 5.55. The largest absolute Gasteiger partial charge is 0.431 e. The summed E-state index contributed by atoms with van der Waals surface area (Å²) in [6, 6.07) is 0. The van der Waals surface area contributed by atoms with E-state index in [4.69, 9.17) is 0 Å². The molecule has 0 aromatic rings. The summed E-state index contributed by atoms with van der Waals surface area (Å²) >= 11 is 0. The second-order valence-corrected chi connectivity index (χ2v) is 3.33. The lowest BCUT2D eigenvalue weighted by Gasteiger charge is -2.24. The van der Waals surface area contributed by atoms with Crippen LogP contribution in [0.1, 0.15) is 20.8 Å². The van der Waals surface area contributed by atoms with E-state index in [0.29, 0.717) is 4.90 Å². The number of carbonyl (C=O) groups excluding carboxylic acids is 1. The van der Waals surface area contributed by atoms with Crippen LogP contribution in [-0.4, -0.2) is 24.0 Å². The van der Waals surface area contributed by atoms with Crippen molar-refractivity contribution >= 4 is 5.91 Å². The van der Waals surface area contributed by atoms with Gasteiger partial charge in [-0.2, -0.15) is 13.2 Å². The molecule has 2 nitrogen and oxygen atoms in total. The zero-order valence-electron chi connectivity index (χ0n) is 9.20. The third kappa shape index (κ3) is 3.42. The van der Waals surface area contributed by atoms with Crippen LogP contribution in [0.25, 0.3) is 0 Å². The fourth-order valence-corrected chi connectivity index (χ4v) is 1.01. The molecule has 0 saturated heterocycles. The highest BCUT2D eigenvalue weighted by Crippen LogP contribution is 2.32. The molecular formula is C10H14F3NO. The van der Waals surface area contributed by atoms with Crippen LogP contribution in [0.4, 0.5) is 13.2 Å². The van der Waals surface area contributed by atoms with Gasteiger partial charge in [-0.05, 0) is 19.4 Å². The van der Waals surface area contributed by atoms with Gasteiger partial charge in [-0.1, -0.05) is 12.2 Å². The first-order valence-electron chi connectivity index (χ1n) is 4.27. The molecule has 0 rings (SSSR count). The summed E-state index contributed by atoms with van der Waals surface area (Å²) in [6.45, 7) is 7.28. The van der Waals surface area contributed by atoms with Crippen molar-refractivity contribution in [1.82, 2.24) is 4.90 Å². The molecule has 0 aliphatic carbocycles.